The number of nitrogens with zero attached hydrogens (tertiary/aromatic N) is 1. The number of benzene rings is 1. The van der Waals surface area contributed by atoms with E-state index in [1.54, 1.807) is 11.3 Å². The first-order chi connectivity index (χ1) is 13.6. The second-order valence-electron chi connectivity index (χ2n) is 6.96. The van der Waals surface area contributed by atoms with Gasteiger partial charge in [-0.2, -0.15) is 13.2 Å². The van der Waals surface area contributed by atoms with Crippen molar-refractivity contribution in [1.82, 2.24) is 10.3 Å². The number of rotatable bonds is 5. The van der Waals surface area contributed by atoms with Crippen molar-refractivity contribution in [2.45, 2.75) is 45.6 Å². The number of aryl methyl sites for hydroxylation is 2. The Bertz CT molecular complexity index is 795. The molecule has 0 saturated carbocycles. The number of carbonyl (C=O) groups is 1. The molecule has 2 atom stereocenters. The Balaban J connectivity index is 0.000000370. The van der Waals surface area contributed by atoms with Crippen LogP contribution in [0.3, 0.4) is 0 Å². The van der Waals surface area contributed by atoms with Gasteiger partial charge in [-0.25, -0.2) is 9.78 Å². The monoisotopic (exact) mass is 430 g/mol. The van der Waals surface area contributed by atoms with Crippen LogP contribution in [0.15, 0.2) is 29.6 Å². The molecule has 1 aliphatic rings. The maximum Gasteiger partial charge on any atom is 0.490 e. The molecule has 1 aliphatic heterocycles. The molecule has 1 aromatic carbocycles. The Morgan fingerprint density at radius 2 is 2.10 bits per heavy atom. The van der Waals surface area contributed by atoms with E-state index in [2.05, 4.69) is 46.9 Å². The number of aromatic nitrogens is 1. The minimum Gasteiger partial charge on any atom is -0.475 e. The van der Waals surface area contributed by atoms with Gasteiger partial charge in [0, 0.05) is 17.8 Å². The zero-order valence-corrected chi connectivity index (χ0v) is 17.1. The maximum atomic E-state index is 10.6. The van der Waals surface area contributed by atoms with Crippen molar-refractivity contribution >= 4 is 17.3 Å². The molecule has 1 saturated heterocycles. The third-order valence-corrected chi connectivity index (χ3v) is 5.30. The summed E-state index contributed by atoms with van der Waals surface area (Å²) in [5, 5.41) is 13.8. The summed E-state index contributed by atoms with van der Waals surface area (Å²) in [5.41, 5.74) is 3.80. The Morgan fingerprint density at radius 3 is 2.69 bits per heavy atom. The standard InChI is InChI=1S/C18H24N2OS.C2HF3O2/c1-13-4-3-5-15(8-13)9-16-10-19-7-6-18(16)21-11-17-12-22-14(2)20-17;3-2(4,5)1(6)7/h3-5,8,12,16,18-19H,6-7,9-11H2,1-2H3;(H,6,7)/t16-,18+;/m0./s1. The zero-order chi connectivity index (χ0) is 21.4. The van der Waals surface area contributed by atoms with E-state index in [0.29, 0.717) is 18.6 Å². The first kappa shape index (κ1) is 23.3. The van der Waals surface area contributed by atoms with E-state index in [1.807, 2.05) is 6.92 Å². The van der Waals surface area contributed by atoms with Crippen LogP contribution >= 0.6 is 11.3 Å². The minimum absolute atomic E-state index is 0.323. The van der Waals surface area contributed by atoms with Crippen LogP contribution in [-0.4, -0.2) is 41.4 Å². The Kier molecular flexibility index (Phi) is 8.60. The molecule has 2 heterocycles. The highest BCUT2D eigenvalue weighted by Gasteiger charge is 2.38. The second kappa shape index (κ2) is 10.7. The summed E-state index contributed by atoms with van der Waals surface area (Å²) in [6.45, 7) is 6.92. The SMILES string of the molecule is Cc1cccc(C[C@H]2CNCC[C@H]2OCc2csc(C)n2)c1.O=C(O)C(F)(F)F. The number of hydrogen-bond donors (Lipinski definition) is 2. The van der Waals surface area contributed by atoms with Crippen molar-refractivity contribution in [3.05, 3.63) is 51.5 Å². The van der Waals surface area contributed by atoms with Crippen LogP contribution in [0.5, 0.6) is 0 Å². The molecule has 160 valence electrons. The lowest BCUT2D eigenvalue weighted by Crippen LogP contribution is -2.42. The number of halogens is 3. The number of hydrogen-bond acceptors (Lipinski definition) is 5. The van der Waals surface area contributed by atoms with Crippen LogP contribution in [0.4, 0.5) is 13.2 Å². The summed E-state index contributed by atoms with van der Waals surface area (Å²) in [5.74, 6) is -2.22. The van der Waals surface area contributed by atoms with E-state index in [9.17, 15) is 13.2 Å². The summed E-state index contributed by atoms with van der Waals surface area (Å²) in [4.78, 5) is 13.4. The lowest BCUT2D eigenvalue weighted by Gasteiger charge is -2.32. The van der Waals surface area contributed by atoms with E-state index in [0.717, 1.165) is 36.6 Å². The van der Waals surface area contributed by atoms with Crippen LogP contribution in [0.2, 0.25) is 0 Å². The third-order valence-electron chi connectivity index (χ3n) is 4.47. The summed E-state index contributed by atoms with van der Waals surface area (Å²) in [6.07, 6.45) is -2.60. The van der Waals surface area contributed by atoms with Crippen molar-refractivity contribution in [2.24, 2.45) is 5.92 Å². The normalized spacial score (nSPS) is 19.3. The molecule has 0 aliphatic carbocycles. The fourth-order valence-corrected chi connectivity index (χ4v) is 3.73. The van der Waals surface area contributed by atoms with Crippen molar-refractivity contribution in [3.8, 4) is 0 Å². The van der Waals surface area contributed by atoms with Gasteiger partial charge in [0.25, 0.3) is 0 Å². The fraction of sp³-hybridized carbons (Fsp3) is 0.500. The average molecular weight is 430 g/mol. The largest absolute Gasteiger partial charge is 0.490 e. The highest BCUT2D eigenvalue weighted by atomic mass is 32.1. The molecule has 2 aromatic rings. The summed E-state index contributed by atoms with van der Waals surface area (Å²) < 4.78 is 37.9. The second-order valence-corrected chi connectivity index (χ2v) is 8.02. The van der Waals surface area contributed by atoms with E-state index in [1.165, 1.54) is 11.1 Å². The van der Waals surface area contributed by atoms with Crippen molar-refractivity contribution < 1.29 is 27.8 Å². The number of nitrogens with one attached hydrogen (secondary N) is 1. The molecule has 1 aromatic heterocycles. The molecule has 1 fully saturated rings. The van der Waals surface area contributed by atoms with Crippen LogP contribution in [0, 0.1) is 19.8 Å². The van der Waals surface area contributed by atoms with Gasteiger partial charge < -0.3 is 15.2 Å². The summed E-state index contributed by atoms with van der Waals surface area (Å²) in [6, 6.07) is 8.81. The fourth-order valence-electron chi connectivity index (χ4n) is 3.13. The van der Waals surface area contributed by atoms with Gasteiger partial charge in [0.2, 0.25) is 0 Å². The molecular formula is C20H25F3N2O3S. The molecular weight excluding hydrogens is 405 g/mol. The summed E-state index contributed by atoms with van der Waals surface area (Å²) >= 11 is 1.69. The Labute approximate surface area is 171 Å². The van der Waals surface area contributed by atoms with Crippen molar-refractivity contribution in [1.29, 1.82) is 0 Å². The molecule has 9 heteroatoms. The van der Waals surface area contributed by atoms with Gasteiger partial charge in [-0.05, 0) is 38.8 Å². The highest BCUT2D eigenvalue weighted by molar-refractivity contribution is 7.09. The van der Waals surface area contributed by atoms with Gasteiger partial charge in [0.1, 0.15) is 0 Å². The van der Waals surface area contributed by atoms with Gasteiger partial charge in [-0.15, -0.1) is 11.3 Å². The van der Waals surface area contributed by atoms with Gasteiger partial charge in [0.05, 0.1) is 23.4 Å². The molecule has 3 rings (SSSR count). The number of aliphatic carboxylic acids is 1. The van der Waals surface area contributed by atoms with E-state index in [4.69, 9.17) is 14.6 Å². The number of thiazole rings is 1. The first-order valence-electron chi connectivity index (χ1n) is 9.24. The lowest BCUT2D eigenvalue weighted by molar-refractivity contribution is -0.192. The van der Waals surface area contributed by atoms with Crippen molar-refractivity contribution in [2.75, 3.05) is 13.1 Å². The topological polar surface area (TPSA) is 71.5 Å². The highest BCUT2D eigenvalue weighted by Crippen LogP contribution is 2.22. The van der Waals surface area contributed by atoms with Gasteiger partial charge >= 0.3 is 12.1 Å². The average Bonchev–Trinajstić information content (AvgIpc) is 3.06. The molecule has 0 amide bonds. The van der Waals surface area contributed by atoms with E-state index in [-0.39, 0.29) is 0 Å². The van der Waals surface area contributed by atoms with Crippen LogP contribution in [-0.2, 0) is 22.6 Å². The van der Waals surface area contributed by atoms with Crippen LogP contribution < -0.4 is 5.32 Å². The molecule has 0 radical (unpaired) electrons. The molecule has 29 heavy (non-hydrogen) atoms. The van der Waals surface area contributed by atoms with Crippen molar-refractivity contribution in [3.63, 3.8) is 0 Å². The maximum absolute atomic E-state index is 10.6. The molecule has 5 nitrogen and oxygen atoms in total. The number of carboxylic acids is 1. The van der Waals surface area contributed by atoms with Gasteiger partial charge in [-0.1, -0.05) is 29.8 Å². The lowest BCUT2D eigenvalue weighted by atomic mass is 9.89. The molecule has 2 N–H and O–H groups in total. The third kappa shape index (κ3) is 8.12. The molecule has 0 spiro atoms. The summed E-state index contributed by atoms with van der Waals surface area (Å²) in [7, 11) is 0. The number of carboxylic acid groups (broad SMARTS) is 1. The first-order valence-corrected chi connectivity index (χ1v) is 10.1. The minimum atomic E-state index is -5.08. The van der Waals surface area contributed by atoms with E-state index < -0.39 is 12.1 Å². The van der Waals surface area contributed by atoms with Crippen LogP contribution in [0.25, 0.3) is 0 Å². The number of piperidine rings is 1. The van der Waals surface area contributed by atoms with Gasteiger partial charge in [0.15, 0.2) is 0 Å². The van der Waals surface area contributed by atoms with E-state index >= 15 is 0 Å². The quantitative estimate of drug-likeness (QED) is 0.746. The Morgan fingerprint density at radius 1 is 1.38 bits per heavy atom. The van der Waals surface area contributed by atoms with Crippen LogP contribution in [0.1, 0.15) is 28.2 Å². The number of alkyl halides is 3. The predicted octanol–water partition coefficient (Wildman–Crippen LogP) is 4.13. The predicted molar refractivity (Wildman–Crippen MR) is 105 cm³/mol. The number of ether oxygens (including phenoxy) is 1. The zero-order valence-electron chi connectivity index (χ0n) is 16.3. The smallest absolute Gasteiger partial charge is 0.475 e. The Hall–Kier alpha value is -1.97. The molecule has 0 bridgehead atoms. The molecule has 0 unspecified atom stereocenters. The van der Waals surface area contributed by atoms with Gasteiger partial charge in [-0.3, -0.25) is 0 Å².